The van der Waals surface area contributed by atoms with Crippen molar-refractivity contribution in [3.8, 4) is 0 Å². The molecular weight excluding hydrogens is 240 g/mol. The molecule has 1 amide bonds. The Kier molecular flexibility index (Phi) is 2.58. The van der Waals surface area contributed by atoms with Crippen LogP contribution in [-0.4, -0.2) is 19.0 Å². The van der Waals surface area contributed by atoms with E-state index in [1.807, 2.05) is 6.92 Å². The highest BCUT2D eigenvalue weighted by atomic mass is 16.2. The second kappa shape index (κ2) is 4.04. The molecule has 0 saturated heterocycles. The molecule has 3 rings (SSSR count). The number of benzene rings is 1. The van der Waals surface area contributed by atoms with Crippen LogP contribution in [0, 0.1) is 6.92 Å². The van der Waals surface area contributed by atoms with Crippen LogP contribution in [0.4, 0.5) is 5.69 Å². The molecule has 0 unspecified atom stereocenters. The van der Waals surface area contributed by atoms with Crippen molar-refractivity contribution in [2.75, 3.05) is 11.9 Å². The molecule has 4 heteroatoms. The summed E-state index contributed by atoms with van der Waals surface area (Å²) in [4.78, 5) is 28.4. The van der Waals surface area contributed by atoms with Gasteiger partial charge in [0.1, 0.15) is 5.54 Å². The number of aliphatic imine (C=N–C) groups is 1. The summed E-state index contributed by atoms with van der Waals surface area (Å²) in [5.41, 5.74) is 3.69. The smallest absolute Gasteiger partial charge is 0.235 e. The number of carbonyl (C=O) groups is 1. The molecule has 0 radical (unpaired) electrons. The van der Waals surface area contributed by atoms with E-state index in [1.54, 1.807) is 18.0 Å². The summed E-state index contributed by atoms with van der Waals surface area (Å²) in [6, 6.07) is 4.12. The van der Waals surface area contributed by atoms with Crippen LogP contribution in [0.3, 0.4) is 0 Å². The minimum absolute atomic E-state index is 0.103. The van der Waals surface area contributed by atoms with Crippen LogP contribution in [0.15, 0.2) is 17.1 Å². The zero-order chi connectivity index (χ0) is 13.6. The number of hydrogen-bond acceptors (Lipinski definition) is 3. The van der Waals surface area contributed by atoms with Gasteiger partial charge in [-0.2, -0.15) is 4.99 Å². The van der Waals surface area contributed by atoms with Gasteiger partial charge in [-0.05, 0) is 31.7 Å². The number of hydrogen-bond donors (Lipinski definition) is 0. The van der Waals surface area contributed by atoms with Crippen LogP contribution in [0.2, 0.25) is 0 Å². The first-order valence-corrected chi connectivity index (χ1v) is 6.57. The highest BCUT2D eigenvalue weighted by Gasteiger charge is 2.43. The Morgan fingerprint density at radius 1 is 1.37 bits per heavy atom. The van der Waals surface area contributed by atoms with Gasteiger partial charge in [-0.3, -0.25) is 4.79 Å². The van der Waals surface area contributed by atoms with Crippen molar-refractivity contribution in [2.45, 2.75) is 38.1 Å². The van der Waals surface area contributed by atoms with E-state index < -0.39 is 5.54 Å². The lowest BCUT2D eigenvalue weighted by Crippen LogP contribution is -2.34. The maximum absolute atomic E-state index is 11.9. The van der Waals surface area contributed by atoms with Gasteiger partial charge in [-0.1, -0.05) is 17.7 Å². The van der Waals surface area contributed by atoms with Crippen LogP contribution >= 0.6 is 0 Å². The molecule has 1 saturated carbocycles. The van der Waals surface area contributed by atoms with Crippen molar-refractivity contribution in [3.63, 3.8) is 0 Å². The number of isocyanates is 1. The maximum Gasteiger partial charge on any atom is 0.235 e. The minimum Gasteiger partial charge on any atom is -0.315 e. The van der Waals surface area contributed by atoms with Crippen molar-refractivity contribution in [3.05, 3.63) is 28.8 Å². The summed E-state index contributed by atoms with van der Waals surface area (Å²) < 4.78 is 0. The fourth-order valence-corrected chi connectivity index (χ4v) is 3.19. The molecule has 1 aromatic carbocycles. The summed E-state index contributed by atoms with van der Waals surface area (Å²) in [5.74, 6) is 0.103. The Morgan fingerprint density at radius 2 is 2.11 bits per heavy atom. The molecule has 19 heavy (non-hydrogen) atoms. The van der Waals surface area contributed by atoms with Gasteiger partial charge in [0.2, 0.25) is 12.0 Å². The fourth-order valence-electron chi connectivity index (χ4n) is 3.19. The van der Waals surface area contributed by atoms with Crippen LogP contribution < -0.4 is 4.90 Å². The summed E-state index contributed by atoms with van der Waals surface area (Å²) in [6.07, 6.45) is 4.95. The van der Waals surface area contributed by atoms with Gasteiger partial charge in [-0.25, -0.2) is 4.79 Å². The first-order valence-electron chi connectivity index (χ1n) is 6.57. The lowest BCUT2D eigenvalue weighted by Gasteiger charge is -2.39. The molecule has 1 aliphatic carbocycles. The average molecular weight is 256 g/mol. The molecule has 1 aromatic rings. The lowest BCUT2D eigenvalue weighted by molar-refractivity contribution is -0.117. The zero-order valence-electron chi connectivity index (χ0n) is 11.2. The molecule has 1 heterocycles. The maximum atomic E-state index is 11.9. The molecule has 1 aliphatic heterocycles. The molecule has 0 bridgehead atoms. The van der Waals surface area contributed by atoms with Crippen LogP contribution in [-0.2, 0) is 21.5 Å². The molecule has 2 aliphatic rings. The van der Waals surface area contributed by atoms with Gasteiger partial charge in [0.15, 0.2) is 0 Å². The Balaban J connectivity index is 2.22. The third kappa shape index (κ3) is 1.64. The number of rotatable bonds is 2. The molecule has 1 fully saturated rings. The van der Waals surface area contributed by atoms with E-state index >= 15 is 0 Å². The number of nitrogens with zero attached hydrogens (tertiary/aromatic N) is 2. The highest BCUT2D eigenvalue weighted by Crippen LogP contribution is 2.50. The third-order valence-corrected chi connectivity index (χ3v) is 4.33. The van der Waals surface area contributed by atoms with E-state index in [4.69, 9.17) is 0 Å². The molecule has 0 spiro atoms. The van der Waals surface area contributed by atoms with Gasteiger partial charge in [0.25, 0.3) is 0 Å². The quantitative estimate of drug-likeness (QED) is 0.602. The Labute approximate surface area is 112 Å². The van der Waals surface area contributed by atoms with Crippen LogP contribution in [0.25, 0.3) is 0 Å². The standard InChI is InChI=1S/C15H16N2O2/c1-10-6-11-8-13(19)17(2)14(11)12(7-10)15(16-9-18)4-3-5-15/h6-7H,3-5,8H2,1-2H3. The lowest BCUT2D eigenvalue weighted by atomic mass is 9.71. The van der Waals surface area contributed by atoms with Crippen molar-refractivity contribution in [1.82, 2.24) is 0 Å². The zero-order valence-corrected chi connectivity index (χ0v) is 11.2. The Morgan fingerprint density at radius 3 is 2.68 bits per heavy atom. The van der Waals surface area contributed by atoms with Crippen molar-refractivity contribution >= 4 is 17.7 Å². The number of amides is 1. The van der Waals surface area contributed by atoms with Crippen molar-refractivity contribution in [2.24, 2.45) is 4.99 Å². The number of fused-ring (bicyclic) bond motifs is 1. The molecule has 0 aromatic heterocycles. The van der Waals surface area contributed by atoms with E-state index in [0.29, 0.717) is 6.42 Å². The number of carbonyl (C=O) groups excluding carboxylic acids is 2. The van der Waals surface area contributed by atoms with Gasteiger partial charge in [-0.15, -0.1) is 0 Å². The molecule has 0 atom stereocenters. The fraction of sp³-hybridized carbons (Fsp3) is 0.467. The Hall–Kier alpha value is -1.93. The minimum atomic E-state index is -0.448. The van der Waals surface area contributed by atoms with Crippen molar-refractivity contribution < 1.29 is 9.59 Å². The van der Waals surface area contributed by atoms with E-state index in [9.17, 15) is 9.59 Å². The van der Waals surface area contributed by atoms with E-state index in [-0.39, 0.29) is 5.91 Å². The van der Waals surface area contributed by atoms with E-state index in [1.165, 1.54) is 0 Å². The van der Waals surface area contributed by atoms with Crippen LogP contribution in [0.5, 0.6) is 0 Å². The van der Waals surface area contributed by atoms with Gasteiger partial charge in [0, 0.05) is 12.6 Å². The predicted octanol–water partition coefficient (Wildman–Crippen LogP) is 2.23. The molecule has 4 nitrogen and oxygen atoms in total. The predicted molar refractivity (Wildman–Crippen MR) is 71.9 cm³/mol. The highest BCUT2D eigenvalue weighted by molar-refractivity contribution is 6.02. The monoisotopic (exact) mass is 256 g/mol. The third-order valence-electron chi connectivity index (χ3n) is 4.33. The SMILES string of the molecule is Cc1cc2c(c(C3(N=C=O)CCC3)c1)N(C)C(=O)C2. The largest absolute Gasteiger partial charge is 0.315 e. The molecular formula is C15H16N2O2. The van der Waals surface area contributed by atoms with Crippen molar-refractivity contribution in [1.29, 1.82) is 0 Å². The molecule has 0 N–H and O–H groups in total. The van der Waals surface area contributed by atoms with Gasteiger partial charge in [0.05, 0.1) is 12.1 Å². The van der Waals surface area contributed by atoms with Gasteiger partial charge < -0.3 is 4.90 Å². The van der Waals surface area contributed by atoms with E-state index in [2.05, 4.69) is 17.1 Å². The number of likely N-dealkylation sites (N-methyl/N-ethyl adjacent to an activating group) is 1. The number of aryl methyl sites for hydroxylation is 1. The van der Waals surface area contributed by atoms with E-state index in [0.717, 1.165) is 41.6 Å². The summed E-state index contributed by atoms with van der Waals surface area (Å²) in [7, 11) is 1.80. The normalized spacial score (nSPS) is 19.7. The summed E-state index contributed by atoms with van der Waals surface area (Å²) >= 11 is 0. The summed E-state index contributed by atoms with van der Waals surface area (Å²) in [5, 5.41) is 0. The number of anilines is 1. The second-order valence-corrected chi connectivity index (χ2v) is 5.54. The topological polar surface area (TPSA) is 49.7 Å². The average Bonchev–Trinajstić information content (AvgIpc) is 2.59. The first kappa shape index (κ1) is 12.1. The molecule has 98 valence electrons. The first-order chi connectivity index (χ1) is 9.07. The Bertz CT molecular complexity index is 611. The van der Waals surface area contributed by atoms with Gasteiger partial charge >= 0.3 is 0 Å². The summed E-state index contributed by atoms with van der Waals surface area (Å²) in [6.45, 7) is 2.02. The van der Waals surface area contributed by atoms with Crippen LogP contribution in [0.1, 0.15) is 36.0 Å². The second-order valence-electron chi connectivity index (χ2n) is 5.54.